The standard InChI is InChI=1S/C19H14ClF3N2OS/c1-11-16(27-18(25-11)13-7-3-5-9-15(13)20)10-24-17(26)12-6-2-4-8-14(12)19(21,22)23/h2-9H,10H2,1H3,(H,24,26). The molecule has 1 N–H and O–H groups in total. The van der Waals surface area contributed by atoms with Crippen molar-refractivity contribution in [1.29, 1.82) is 0 Å². The summed E-state index contributed by atoms with van der Waals surface area (Å²) in [7, 11) is 0. The van der Waals surface area contributed by atoms with E-state index in [9.17, 15) is 18.0 Å². The van der Waals surface area contributed by atoms with Gasteiger partial charge in [-0.1, -0.05) is 41.9 Å². The fourth-order valence-corrected chi connectivity index (χ4v) is 3.85. The Morgan fingerprint density at radius 1 is 1.15 bits per heavy atom. The monoisotopic (exact) mass is 410 g/mol. The Morgan fingerprint density at radius 3 is 2.52 bits per heavy atom. The first-order valence-corrected chi connectivity index (χ1v) is 9.12. The van der Waals surface area contributed by atoms with Crippen LogP contribution in [0.3, 0.4) is 0 Å². The lowest BCUT2D eigenvalue weighted by molar-refractivity contribution is -0.137. The molecule has 1 heterocycles. The molecule has 1 aromatic heterocycles. The van der Waals surface area contributed by atoms with E-state index in [-0.39, 0.29) is 6.54 Å². The number of nitrogens with zero attached hydrogens (tertiary/aromatic N) is 1. The minimum atomic E-state index is -4.59. The van der Waals surface area contributed by atoms with Crippen LogP contribution in [0.4, 0.5) is 13.2 Å². The molecular weight excluding hydrogens is 397 g/mol. The van der Waals surface area contributed by atoms with Crippen LogP contribution in [-0.2, 0) is 12.7 Å². The molecule has 3 nitrogen and oxygen atoms in total. The van der Waals surface area contributed by atoms with Gasteiger partial charge >= 0.3 is 6.18 Å². The number of aryl methyl sites for hydroxylation is 1. The Morgan fingerprint density at radius 2 is 1.81 bits per heavy atom. The molecule has 27 heavy (non-hydrogen) atoms. The number of benzene rings is 2. The quantitative estimate of drug-likeness (QED) is 0.597. The van der Waals surface area contributed by atoms with Crippen molar-refractivity contribution >= 4 is 28.8 Å². The summed E-state index contributed by atoms with van der Waals surface area (Å²) < 4.78 is 39.2. The van der Waals surface area contributed by atoms with Gasteiger partial charge in [0.05, 0.1) is 28.4 Å². The van der Waals surface area contributed by atoms with E-state index in [1.807, 2.05) is 18.2 Å². The van der Waals surface area contributed by atoms with Gasteiger partial charge in [-0.05, 0) is 25.1 Å². The molecule has 0 aliphatic carbocycles. The molecule has 0 spiro atoms. The first-order valence-electron chi connectivity index (χ1n) is 7.93. The van der Waals surface area contributed by atoms with Crippen LogP contribution in [0.5, 0.6) is 0 Å². The number of thiazole rings is 1. The maximum atomic E-state index is 13.1. The third-order valence-electron chi connectivity index (χ3n) is 3.88. The van der Waals surface area contributed by atoms with Crippen LogP contribution in [0, 0.1) is 6.92 Å². The summed E-state index contributed by atoms with van der Waals surface area (Å²) in [5, 5.41) is 3.80. The highest BCUT2D eigenvalue weighted by atomic mass is 35.5. The minimum Gasteiger partial charge on any atom is -0.347 e. The number of carbonyl (C=O) groups excluding carboxylic acids is 1. The highest BCUT2D eigenvalue weighted by molar-refractivity contribution is 7.15. The van der Waals surface area contributed by atoms with Crippen LogP contribution >= 0.6 is 22.9 Å². The summed E-state index contributed by atoms with van der Waals surface area (Å²) in [6.45, 7) is 1.86. The first kappa shape index (κ1) is 19.4. The number of halogens is 4. The molecule has 1 amide bonds. The Labute approximate surface area is 162 Å². The van der Waals surface area contributed by atoms with E-state index >= 15 is 0 Å². The van der Waals surface area contributed by atoms with E-state index in [4.69, 9.17) is 11.6 Å². The molecule has 0 fully saturated rings. The van der Waals surface area contributed by atoms with E-state index in [1.54, 1.807) is 13.0 Å². The summed E-state index contributed by atoms with van der Waals surface area (Å²) in [5.74, 6) is -0.782. The zero-order valence-electron chi connectivity index (χ0n) is 14.1. The average Bonchev–Trinajstić information content (AvgIpc) is 3.00. The fraction of sp³-hybridized carbons (Fsp3) is 0.158. The molecule has 8 heteroatoms. The van der Waals surface area contributed by atoms with Gasteiger partial charge in [-0.15, -0.1) is 11.3 Å². The zero-order chi connectivity index (χ0) is 19.6. The molecule has 0 aliphatic heterocycles. The van der Waals surface area contributed by atoms with Gasteiger partial charge < -0.3 is 5.32 Å². The summed E-state index contributed by atoms with van der Waals surface area (Å²) in [6, 6.07) is 11.9. The number of nitrogens with one attached hydrogen (secondary N) is 1. The van der Waals surface area contributed by atoms with E-state index < -0.39 is 23.2 Å². The number of amides is 1. The van der Waals surface area contributed by atoms with Crippen molar-refractivity contribution in [1.82, 2.24) is 10.3 Å². The smallest absolute Gasteiger partial charge is 0.347 e. The molecule has 140 valence electrons. The zero-order valence-corrected chi connectivity index (χ0v) is 15.7. The second-order valence-corrected chi connectivity index (χ2v) is 7.22. The maximum Gasteiger partial charge on any atom is 0.417 e. The lowest BCUT2D eigenvalue weighted by Gasteiger charge is -2.12. The Hall–Kier alpha value is -2.38. The van der Waals surface area contributed by atoms with Crippen molar-refractivity contribution in [3.05, 3.63) is 75.3 Å². The number of rotatable bonds is 4. The van der Waals surface area contributed by atoms with E-state index in [1.165, 1.54) is 23.5 Å². The molecule has 0 radical (unpaired) electrons. The number of aromatic nitrogens is 1. The highest BCUT2D eigenvalue weighted by Gasteiger charge is 2.34. The second kappa shape index (κ2) is 7.70. The van der Waals surface area contributed by atoms with Crippen LogP contribution in [0.25, 0.3) is 10.6 Å². The molecule has 0 saturated carbocycles. The van der Waals surface area contributed by atoms with Crippen LogP contribution < -0.4 is 5.32 Å². The Kier molecular flexibility index (Phi) is 5.53. The van der Waals surface area contributed by atoms with E-state index in [0.29, 0.717) is 15.7 Å². The first-order chi connectivity index (χ1) is 12.8. The molecular formula is C19H14ClF3N2OS. The predicted octanol–water partition coefficient (Wildman–Crippen LogP) is 5.72. The normalized spacial score (nSPS) is 11.4. The fourth-order valence-electron chi connectivity index (χ4n) is 2.53. The summed E-state index contributed by atoms with van der Waals surface area (Å²) in [5.41, 5.74) is 0.102. The van der Waals surface area contributed by atoms with Crippen molar-refractivity contribution in [3.63, 3.8) is 0 Å². The van der Waals surface area contributed by atoms with Crippen LogP contribution in [0.15, 0.2) is 48.5 Å². The Balaban J connectivity index is 1.79. The number of hydrogen-bond donors (Lipinski definition) is 1. The van der Waals surface area contributed by atoms with Gasteiger partial charge in [0.1, 0.15) is 5.01 Å². The van der Waals surface area contributed by atoms with E-state index in [2.05, 4.69) is 10.3 Å². The third kappa shape index (κ3) is 4.31. The SMILES string of the molecule is Cc1nc(-c2ccccc2Cl)sc1CNC(=O)c1ccccc1C(F)(F)F. The minimum absolute atomic E-state index is 0.0823. The third-order valence-corrected chi connectivity index (χ3v) is 5.40. The summed E-state index contributed by atoms with van der Waals surface area (Å²) in [6.07, 6.45) is -4.59. The summed E-state index contributed by atoms with van der Waals surface area (Å²) >= 11 is 7.52. The average molecular weight is 411 g/mol. The molecule has 2 aromatic carbocycles. The van der Waals surface area contributed by atoms with Crippen LogP contribution in [-0.4, -0.2) is 10.9 Å². The molecule has 3 rings (SSSR count). The highest BCUT2D eigenvalue weighted by Crippen LogP contribution is 2.33. The van der Waals surface area contributed by atoms with Crippen molar-refractivity contribution in [2.24, 2.45) is 0 Å². The molecule has 0 atom stereocenters. The largest absolute Gasteiger partial charge is 0.417 e. The van der Waals surface area contributed by atoms with Crippen molar-refractivity contribution in [2.75, 3.05) is 0 Å². The lowest BCUT2D eigenvalue weighted by atomic mass is 10.1. The van der Waals surface area contributed by atoms with Gasteiger partial charge in [-0.2, -0.15) is 13.2 Å². The molecule has 0 unspecified atom stereocenters. The van der Waals surface area contributed by atoms with Gasteiger partial charge in [0.2, 0.25) is 0 Å². The predicted molar refractivity (Wildman–Crippen MR) is 99.9 cm³/mol. The van der Waals surface area contributed by atoms with Gasteiger partial charge in [0, 0.05) is 10.4 Å². The number of alkyl halides is 3. The van der Waals surface area contributed by atoms with Crippen molar-refractivity contribution in [2.45, 2.75) is 19.6 Å². The second-order valence-electron chi connectivity index (χ2n) is 5.73. The van der Waals surface area contributed by atoms with Gasteiger partial charge in [-0.3, -0.25) is 4.79 Å². The molecule has 0 bridgehead atoms. The summed E-state index contributed by atoms with van der Waals surface area (Å²) in [4.78, 5) is 17.5. The topological polar surface area (TPSA) is 42.0 Å². The van der Waals surface area contributed by atoms with Crippen LogP contribution in [0.1, 0.15) is 26.5 Å². The molecule has 0 saturated heterocycles. The Bertz CT molecular complexity index is 985. The number of hydrogen-bond acceptors (Lipinski definition) is 3. The lowest BCUT2D eigenvalue weighted by Crippen LogP contribution is -2.25. The van der Waals surface area contributed by atoms with Crippen molar-refractivity contribution < 1.29 is 18.0 Å². The van der Waals surface area contributed by atoms with Gasteiger partial charge in [-0.25, -0.2) is 4.98 Å². The molecule has 3 aromatic rings. The van der Waals surface area contributed by atoms with Gasteiger partial charge in [0.15, 0.2) is 0 Å². The maximum absolute atomic E-state index is 13.1. The van der Waals surface area contributed by atoms with Crippen LogP contribution in [0.2, 0.25) is 5.02 Å². The van der Waals surface area contributed by atoms with E-state index in [0.717, 1.165) is 22.6 Å². The van der Waals surface area contributed by atoms with Gasteiger partial charge in [0.25, 0.3) is 5.91 Å². The number of carbonyl (C=O) groups is 1. The molecule has 0 aliphatic rings. The van der Waals surface area contributed by atoms with Crippen molar-refractivity contribution in [3.8, 4) is 10.6 Å².